The Morgan fingerprint density at radius 1 is 1.13 bits per heavy atom. The van der Waals surface area contributed by atoms with Crippen molar-refractivity contribution in [3.05, 3.63) is 65.0 Å². The van der Waals surface area contributed by atoms with Crippen LogP contribution in [0.25, 0.3) is 0 Å². The van der Waals surface area contributed by atoms with Crippen LogP contribution in [0.5, 0.6) is 5.75 Å². The summed E-state index contributed by atoms with van der Waals surface area (Å²) in [5, 5.41) is 6.31. The molecule has 2 aromatic rings. The monoisotopic (exact) mass is 528 g/mol. The molecule has 2 rings (SSSR count). The van der Waals surface area contributed by atoms with E-state index in [1.54, 1.807) is 27.3 Å². The highest BCUT2D eigenvalue weighted by Gasteiger charge is 2.07. The highest BCUT2D eigenvalue weighted by atomic mass is 127. The second-order valence-electron chi connectivity index (χ2n) is 6.90. The highest BCUT2D eigenvalue weighted by Crippen LogP contribution is 2.12. The molecule has 0 fully saturated rings. The summed E-state index contributed by atoms with van der Waals surface area (Å²) in [5.74, 6) is 1.07. The van der Waals surface area contributed by atoms with Gasteiger partial charge in [-0.15, -0.1) is 24.0 Å². The molecule has 0 radical (unpaired) electrons. The van der Waals surface area contributed by atoms with Crippen molar-refractivity contribution >= 4 is 35.8 Å². The van der Waals surface area contributed by atoms with E-state index in [-0.39, 0.29) is 42.2 Å². The summed E-state index contributed by atoms with van der Waals surface area (Å²) in [6, 6.07) is 12.5. The van der Waals surface area contributed by atoms with Crippen LogP contribution in [0.1, 0.15) is 16.7 Å². The molecule has 0 saturated carbocycles. The Labute approximate surface area is 194 Å². The molecular weight excluding hydrogens is 498 g/mol. The first-order valence-electron chi connectivity index (χ1n) is 9.49. The summed E-state index contributed by atoms with van der Waals surface area (Å²) in [5.41, 5.74) is 3.01. The van der Waals surface area contributed by atoms with Gasteiger partial charge in [-0.25, -0.2) is 9.38 Å². The maximum Gasteiger partial charge on any atom is 0.241 e. The number of methoxy groups -OCH3 is 1. The third-order valence-electron chi connectivity index (χ3n) is 4.48. The van der Waals surface area contributed by atoms with Gasteiger partial charge in [0.05, 0.1) is 20.2 Å². The lowest BCUT2D eigenvalue weighted by Crippen LogP contribution is -2.43. The third-order valence-corrected chi connectivity index (χ3v) is 4.48. The van der Waals surface area contributed by atoms with Crippen LogP contribution in [0.2, 0.25) is 0 Å². The summed E-state index contributed by atoms with van der Waals surface area (Å²) in [6.45, 7) is 3.12. The van der Waals surface area contributed by atoms with Gasteiger partial charge in [0.1, 0.15) is 11.6 Å². The summed E-state index contributed by atoms with van der Waals surface area (Å²) in [7, 11) is 5.05. The zero-order valence-corrected chi connectivity index (χ0v) is 20.2. The number of carbonyl (C=O) groups is 1. The smallest absolute Gasteiger partial charge is 0.241 e. The second-order valence-corrected chi connectivity index (χ2v) is 6.90. The first-order chi connectivity index (χ1) is 13.9. The second kappa shape index (κ2) is 13.0. The minimum Gasteiger partial charge on any atom is -0.497 e. The van der Waals surface area contributed by atoms with Gasteiger partial charge in [0.2, 0.25) is 5.91 Å². The van der Waals surface area contributed by atoms with Gasteiger partial charge in [-0.2, -0.15) is 0 Å². The van der Waals surface area contributed by atoms with Gasteiger partial charge in [0.25, 0.3) is 0 Å². The van der Waals surface area contributed by atoms with Crippen molar-refractivity contribution in [2.24, 2.45) is 4.99 Å². The standard InChI is InChI=1S/C22H29FN4O2.HI/c1-16-13-19(23)8-7-18(16)11-12-24-22(26-15-21(28)27(2)3)25-14-17-5-9-20(29-4)10-6-17;/h5-10,13H,11-12,14-15H2,1-4H3,(H2,24,25,26);1H. The van der Waals surface area contributed by atoms with E-state index in [1.807, 2.05) is 31.2 Å². The average Bonchev–Trinajstić information content (AvgIpc) is 2.71. The third kappa shape index (κ3) is 8.56. The van der Waals surface area contributed by atoms with Crippen LogP contribution in [-0.2, 0) is 17.8 Å². The van der Waals surface area contributed by atoms with Crippen LogP contribution in [0.3, 0.4) is 0 Å². The lowest BCUT2D eigenvalue weighted by molar-refractivity contribution is -0.127. The number of nitrogens with zero attached hydrogens (tertiary/aromatic N) is 2. The van der Waals surface area contributed by atoms with Crippen LogP contribution in [-0.4, -0.2) is 51.1 Å². The summed E-state index contributed by atoms with van der Waals surface area (Å²) in [4.78, 5) is 18.0. The summed E-state index contributed by atoms with van der Waals surface area (Å²) in [6.07, 6.45) is 0.719. The van der Waals surface area contributed by atoms with Crippen LogP contribution in [0, 0.1) is 12.7 Å². The van der Waals surface area contributed by atoms with E-state index in [1.165, 1.54) is 17.0 Å². The summed E-state index contributed by atoms with van der Waals surface area (Å²) >= 11 is 0. The lowest BCUT2D eigenvalue weighted by atomic mass is 10.1. The molecule has 0 aliphatic carbocycles. The number of nitrogens with one attached hydrogen (secondary N) is 2. The van der Waals surface area contributed by atoms with Crippen molar-refractivity contribution in [1.82, 2.24) is 15.5 Å². The van der Waals surface area contributed by atoms with Crippen LogP contribution < -0.4 is 15.4 Å². The summed E-state index contributed by atoms with van der Waals surface area (Å²) < 4.78 is 18.4. The van der Waals surface area contributed by atoms with E-state index in [2.05, 4.69) is 15.6 Å². The number of hydrogen-bond acceptors (Lipinski definition) is 3. The molecule has 0 spiro atoms. The molecule has 0 bridgehead atoms. The zero-order valence-electron chi connectivity index (χ0n) is 17.9. The fraction of sp³-hybridized carbons (Fsp3) is 0.364. The average molecular weight is 528 g/mol. The van der Waals surface area contributed by atoms with Crippen molar-refractivity contribution in [3.63, 3.8) is 0 Å². The number of aryl methyl sites for hydroxylation is 1. The number of rotatable bonds is 8. The van der Waals surface area contributed by atoms with Crippen molar-refractivity contribution in [3.8, 4) is 5.75 Å². The number of amides is 1. The molecule has 8 heteroatoms. The van der Waals surface area contributed by atoms with E-state index in [0.29, 0.717) is 19.0 Å². The first kappa shape index (κ1) is 25.7. The molecule has 0 aliphatic heterocycles. The van der Waals surface area contributed by atoms with Crippen molar-refractivity contribution in [1.29, 1.82) is 0 Å². The molecule has 0 aromatic heterocycles. The predicted molar refractivity (Wildman–Crippen MR) is 129 cm³/mol. The molecule has 164 valence electrons. The van der Waals surface area contributed by atoms with E-state index in [4.69, 9.17) is 4.74 Å². The number of carbonyl (C=O) groups excluding carboxylic acids is 1. The minimum atomic E-state index is -0.232. The molecule has 0 aliphatic rings. The number of ether oxygens (including phenoxy) is 1. The van der Waals surface area contributed by atoms with Crippen molar-refractivity contribution < 1.29 is 13.9 Å². The molecule has 0 heterocycles. The minimum absolute atomic E-state index is 0. The van der Waals surface area contributed by atoms with Crippen molar-refractivity contribution in [2.75, 3.05) is 34.3 Å². The highest BCUT2D eigenvalue weighted by molar-refractivity contribution is 14.0. The SMILES string of the molecule is COc1ccc(CN=C(NCCc2ccc(F)cc2C)NCC(=O)N(C)C)cc1.I. The molecule has 1 amide bonds. The zero-order chi connectivity index (χ0) is 21.2. The Kier molecular flexibility index (Phi) is 11.2. The Balaban J connectivity index is 0.00000450. The van der Waals surface area contributed by atoms with E-state index >= 15 is 0 Å². The Hall–Kier alpha value is -2.36. The predicted octanol–water partition coefficient (Wildman–Crippen LogP) is 3.13. The van der Waals surface area contributed by atoms with Crippen molar-refractivity contribution in [2.45, 2.75) is 19.9 Å². The molecule has 30 heavy (non-hydrogen) atoms. The molecular formula is C22H30FIN4O2. The fourth-order valence-corrected chi connectivity index (χ4v) is 2.65. The molecule has 0 unspecified atom stereocenters. The number of likely N-dealkylation sites (N-methyl/N-ethyl adjacent to an activating group) is 1. The number of halogens is 2. The van der Waals surface area contributed by atoms with Gasteiger partial charge in [0, 0.05) is 20.6 Å². The van der Waals surface area contributed by atoms with Gasteiger partial charge in [-0.05, 0) is 54.3 Å². The van der Waals surface area contributed by atoms with Gasteiger partial charge >= 0.3 is 0 Å². The van der Waals surface area contributed by atoms with Crippen LogP contribution >= 0.6 is 24.0 Å². The fourth-order valence-electron chi connectivity index (χ4n) is 2.65. The van der Waals surface area contributed by atoms with Crippen LogP contribution in [0.4, 0.5) is 4.39 Å². The lowest BCUT2D eigenvalue weighted by Gasteiger charge is -2.15. The maximum atomic E-state index is 13.3. The molecule has 2 aromatic carbocycles. The van der Waals surface area contributed by atoms with E-state index in [9.17, 15) is 9.18 Å². The maximum absolute atomic E-state index is 13.3. The van der Waals surface area contributed by atoms with Gasteiger partial charge in [-0.3, -0.25) is 4.79 Å². The normalized spacial score (nSPS) is 10.8. The van der Waals surface area contributed by atoms with Gasteiger partial charge in [0.15, 0.2) is 5.96 Å². The molecule has 2 N–H and O–H groups in total. The number of hydrogen-bond donors (Lipinski definition) is 2. The molecule has 6 nitrogen and oxygen atoms in total. The largest absolute Gasteiger partial charge is 0.497 e. The Morgan fingerprint density at radius 3 is 2.43 bits per heavy atom. The quantitative estimate of drug-likeness (QED) is 0.314. The Bertz CT molecular complexity index is 842. The van der Waals surface area contributed by atoms with E-state index in [0.717, 1.165) is 28.9 Å². The van der Waals surface area contributed by atoms with E-state index < -0.39 is 0 Å². The number of aliphatic imine (C=N–C) groups is 1. The van der Waals surface area contributed by atoms with Gasteiger partial charge in [-0.1, -0.05) is 18.2 Å². The van der Waals surface area contributed by atoms with Gasteiger partial charge < -0.3 is 20.3 Å². The first-order valence-corrected chi connectivity index (χ1v) is 9.49. The molecule has 0 atom stereocenters. The number of benzene rings is 2. The van der Waals surface area contributed by atoms with Crippen LogP contribution in [0.15, 0.2) is 47.5 Å². The Morgan fingerprint density at radius 2 is 1.83 bits per heavy atom. The molecule has 0 saturated heterocycles. The topological polar surface area (TPSA) is 66.0 Å². The number of guanidine groups is 1.